The molecule has 1 heterocycles. The van der Waals surface area contributed by atoms with E-state index in [1.54, 1.807) is 12.1 Å². The quantitative estimate of drug-likeness (QED) is 0.681. The highest BCUT2D eigenvalue weighted by atomic mass is 16.5. The Bertz CT molecular complexity index is 243. The number of furan rings is 1. The summed E-state index contributed by atoms with van der Waals surface area (Å²) in [4.78, 5) is 10.8. The summed E-state index contributed by atoms with van der Waals surface area (Å²) in [6.45, 7) is 0. The van der Waals surface area contributed by atoms with Gasteiger partial charge in [-0.25, -0.2) is 0 Å². The van der Waals surface area contributed by atoms with Crippen LogP contribution < -0.4 is 5.73 Å². The average Bonchev–Trinajstić information content (AvgIpc) is 2.56. The molecule has 0 saturated heterocycles. The largest absolute Gasteiger partial charge is 0.469 e. The fraction of sp³-hybridized carbons (Fsp3) is 0.375. The summed E-state index contributed by atoms with van der Waals surface area (Å²) in [6.07, 6.45) is 1.66. The number of carbonyl (C=O) groups is 1. The van der Waals surface area contributed by atoms with Gasteiger partial charge in [0.2, 0.25) is 0 Å². The van der Waals surface area contributed by atoms with Crippen LogP contribution in [-0.4, -0.2) is 13.1 Å². The van der Waals surface area contributed by atoms with Crippen LogP contribution in [0.2, 0.25) is 0 Å². The number of hydrogen-bond acceptors (Lipinski definition) is 4. The molecule has 0 fully saturated rings. The van der Waals surface area contributed by atoms with E-state index in [0.29, 0.717) is 5.76 Å². The molecule has 0 radical (unpaired) electrons. The second-order valence-electron chi connectivity index (χ2n) is 2.40. The lowest BCUT2D eigenvalue weighted by Crippen LogP contribution is -2.15. The van der Waals surface area contributed by atoms with Crippen LogP contribution in [0.3, 0.4) is 0 Å². The first-order valence-corrected chi connectivity index (χ1v) is 3.60. The van der Waals surface area contributed by atoms with Gasteiger partial charge in [-0.1, -0.05) is 0 Å². The van der Waals surface area contributed by atoms with Crippen LogP contribution in [0, 0.1) is 0 Å². The highest BCUT2D eigenvalue weighted by molar-refractivity contribution is 5.70. The van der Waals surface area contributed by atoms with Crippen molar-refractivity contribution in [3.05, 3.63) is 24.2 Å². The maximum absolute atomic E-state index is 10.8. The molecule has 1 aromatic heterocycles. The number of esters is 1. The number of methoxy groups -OCH3 is 1. The van der Waals surface area contributed by atoms with Crippen LogP contribution >= 0.6 is 0 Å². The SMILES string of the molecule is COC(=O)C[C@@H](N)c1ccco1. The number of ether oxygens (including phenoxy) is 1. The highest BCUT2D eigenvalue weighted by Gasteiger charge is 2.13. The van der Waals surface area contributed by atoms with Crippen molar-refractivity contribution in [2.75, 3.05) is 7.11 Å². The molecule has 1 rings (SSSR count). The fourth-order valence-electron chi connectivity index (χ4n) is 0.866. The molecule has 12 heavy (non-hydrogen) atoms. The van der Waals surface area contributed by atoms with Crippen molar-refractivity contribution in [3.63, 3.8) is 0 Å². The molecule has 0 aliphatic heterocycles. The summed E-state index contributed by atoms with van der Waals surface area (Å²) in [6, 6.07) is 3.05. The Kier molecular flexibility index (Phi) is 2.88. The van der Waals surface area contributed by atoms with Gasteiger partial charge in [0.25, 0.3) is 0 Å². The van der Waals surface area contributed by atoms with Crippen LogP contribution in [0.15, 0.2) is 22.8 Å². The molecule has 1 aromatic rings. The Morgan fingerprint density at radius 3 is 3.08 bits per heavy atom. The Labute approximate surface area is 70.3 Å². The lowest BCUT2D eigenvalue weighted by molar-refractivity contribution is -0.141. The van der Waals surface area contributed by atoms with E-state index in [4.69, 9.17) is 10.2 Å². The molecule has 0 aromatic carbocycles. The van der Waals surface area contributed by atoms with Gasteiger partial charge in [-0.3, -0.25) is 4.79 Å². The van der Waals surface area contributed by atoms with E-state index in [0.717, 1.165) is 0 Å². The molecule has 0 spiro atoms. The van der Waals surface area contributed by atoms with E-state index in [9.17, 15) is 4.79 Å². The first kappa shape index (κ1) is 8.80. The third kappa shape index (κ3) is 2.10. The van der Waals surface area contributed by atoms with Gasteiger partial charge in [-0.05, 0) is 12.1 Å². The van der Waals surface area contributed by atoms with E-state index >= 15 is 0 Å². The minimum Gasteiger partial charge on any atom is -0.469 e. The Morgan fingerprint density at radius 1 is 1.83 bits per heavy atom. The summed E-state index contributed by atoms with van der Waals surface area (Å²) in [7, 11) is 1.33. The van der Waals surface area contributed by atoms with Crippen molar-refractivity contribution in [1.29, 1.82) is 0 Å². The molecular weight excluding hydrogens is 158 g/mol. The fourth-order valence-corrected chi connectivity index (χ4v) is 0.866. The molecule has 0 unspecified atom stereocenters. The molecule has 0 aliphatic rings. The number of hydrogen-bond donors (Lipinski definition) is 1. The van der Waals surface area contributed by atoms with Crippen molar-refractivity contribution in [2.45, 2.75) is 12.5 Å². The Hall–Kier alpha value is -1.29. The lowest BCUT2D eigenvalue weighted by Gasteiger charge is -2.05. The summed E-state index contributed by atoms with van der Waals surface area (Å²) < 4.78 is 9.47. The van der Waals surface area contributed by atoms with E-state index < -0.39 is 6.04 Å². The van der Waals surface area contributed by atoms with Crippen LogP contribution in [0.4, 0.5) is 0 Å². The smallest absolute Gasteiger partial charge is 0.307 e. The zero-order valence-corrected chi connectivity index (χ0v) is 6.82. The van der Waals surface area contributed by atoms with Crippen molar-refractivity contribution >= 4 is 5.97 Å². The summed E-state index contributed by atoms with van der Waals surface area (Å²) in [5.74, 6) is 0.263. The first-order valence-electron chi connectivity index (χ1n) is 3.60. The van der Waals surface area contributed by atoms with Crippen LogP contribution in [0.25, 0.3) is 0 Å². The van der Waals surface area contributed by atoms with Gasteiger partial charge in [0.15, 0.2) is 0 Å². The van der Waals surface area contributed by atoms with Gasteiger partial charge in [-0.2, -0.15) is 0 Å². The van der Waals surface area contributed by atoms with E-state index in [2.05, 4.69) is 4.74 Å². The monoisotopic (exact) mass is 169 g/mol. The Morgan fingerprint density at radius 2 is 2.58 bits per heavy atom. The zero-order chi connectivity index (χ0) is 8.97. The normalized spacial score (nSPS) is 12.5. The third-order valence-electron chi connectivity index (χ3n) is 1.52. The molecule has 4 heteroatoms. The van der Waals surface area contributed by atoms with Gasteiger partial charge >= 0.3 is 5.97 Å². The van der Waals surface area contributed by atoms with Crippen molar-refractivity contribution in [1.82, 2.24) is 0 Å². The number of nitrogens with two attached hydrogens (primary N) is 1. The maximum Gasteiger partial charge on any atom is 0.307 e. The molecule has 0 bridgehead atoms. The van der Waals surface area contributed by atoms with Gasteiger partial charge in [0.05, 0.1) is 25.8 Å². The second kappa shape index (κ2) is 3.92. The van der Waals surface area contributed by atoms with Crippen LogP contribution in [0.1, 0.15) is 18.2 Å². The van der Waals surface area contributed by atoms with Crippen molar-refractivity contribution in [3.8, 4) is 0 Å². The minimum atomic E-state index is -0.410. The van der Waals surface area contributed by atoms with Gasteiger partial charge in [-0.15, -0.1) is 0 Å². The molecule has 0 aliphatic carbocycles. The Balaban J connectivity index is 2.49. The second-order valence-corrected chi connectivity index (χ2v) is 2.40. The van der Waals surface area contributed by atoms with E-state index in [-0.39, 0.29) is 12.4 Å². The highest BCUT2D eigenvalue weighted by Crippen LogP contribution is 2.14. The van der Waals surface area contributed by atoms with Crippen LogP contribution in [-0.2, 0) is 9.53 Å². The summed E-state index contributed by atoms with van der Waals surface area (Å²) >= 11 is 0. The van der Waals surface area contributed by atoms with Gasteiger partial charge in [0.1, 0.15) is 5.76 Å². The zero-order valence-electron chi connectivity index (χ0n) is 6.82. The molecule has 66 valence electrons. The molecule has 2 N–H and O–H groups in total. The molecule has 1 atom stereocenters. The predicted octanol–water partition coefficient (Wildman–Crippen LogP) is 0.842. The van der Waals surface area contributed by atoms with E-state index in [1.807, 2.05) is 0 Å². The van der Waals surface area contributed by atoms with E-state index in [1.165, 1.54) is 13.4 Å². The maximum atomic E-state index is 10.8. The van der Waals surface area contributed by atoms with Gasteiger partial charge < -0.3 is 14.9 Å². The van der Waals surface area contributed by atoms with Crippen molar-refractivity contribution in [2.24, 2.45) is 5.73 Å². The topological polar surface area (TPSA) is 65.5 Å². The molecular formula is C8H11NO3. The number of carbonyl (C=O) groups excluding carboxylic acids is 1. The standard InChI is InChI=1S/C8H11NO3/c1-11-8(10)5-6(9)7-3-2-4-12-7/h2-4,6H,5,9H2,1H3/t6-/m1/s1. The van der Waals surface area contributed by atoms with Crippen molar-refractivity contribution < 1.29 is 13.9 Å². The average molecular weight is 169 g/mol. The predicted molar refractivity (Wildman–Crippen MR) is 42.3 cm³/mol. The summed E-state index contributed by atoms with van der Waals surface area (Å²) in [5.41, 5.74) is 5.62. The summed E-state index contributed by atoms with van der Waals surface area (Å²) in [5, 5.41) is 0. The number of rotatable bonds is 3. The molecule has 4 nitrogen and oxygen atoms in total. The lowest BCUT2D eigenvalue weighted by atomic mass is 10.2. The minimum absolute atomic E-state index is 0.143. The molecule has 0 saturated carbocycles. The first-order chi connectivity index (χ1) is 5.74. The molecule has 0 amide bonds. The van der Waals surface area contributed by atoms with Crippen LogP contribution in [0.5, 0.6) is 0 Å². The third-order valence-corrected chi connectivity index (χ3v) is 1.52. The van der Waals surface area contributed by atoms with Gasteiger partial charge in [0, 0.05) is 0 Å².